The summed E-state index contributed by atoms with van der Waals surface area (Å²) >= 11 is 0. The van der Waals surface area contributed by atoms with Crippen LogP contribution in [0.5, 0.6) is 11.5 Å². The average molecular weight is 206 g/mol. The first-order valence-electron chi connectivity index (χ1n) is 5.14. The van der Waals surface area contributed by atoms with Crippen molar-refractivity contribution in [3.05, 3.63) is 24.3 Å². The van der Waals surface area contributed by atoms with Crippen LogP contribution in [0.15, 0.2) is 24.3 Å². The first-order valence-corrected chi connectivity index (χ1v) is 5.14. The molecule has 0 N–H and O–H groups in total. The number of aldehydes is 1. The highest BCUT2D eigenvalue weighted by Gasteiger charge is 2.35. The van der Waals surface area contributed by atoms with Gasteiger partial charge in [0.2, 0.25) is 5.79 Å². The summed E-state index contributed by atoms with van der Waals surface area (Å²) in [5.41, 5.74) is 0. The van der Waals surface area contributed by atoms with Crippen LogP contribution in [-0.4, -0.2) is 12.1 Å². The van der Waals surface area contributed by atoms with Gasteiger partial charge in [0.05, 0.1) is 0 Å². The Bertz CT molecular complexity index is 335. The first-order chi connectivity index (χ1) is 7.23. The highest BCUT2D eigenvalue weighted by atomic mass is 16.7. The van der Waals surface area contributed by atoms with Gasteiger partial charge in [0.15, 0.2) is 11.5 Å². The van der Waals surface area contributed by atoms with Crippen LogP contribution in [0.3, 0.4) is 0 Å². The highest BCUT2D eigenvalue weighted by Crippen LogP contribution is 2.40. The van der Waals surface area contributed by atoms with Crippen molar-refractivity contribution in [2.75, 3.05) is 0 Å². The molecule has 1 aliphatic heterocycles. The van der Waals surface area contributed by atoms with Gasteiger partial charge >= 0.3 is 0 Å². The summed E-state index contributed by atoms with van der Waals surface area (Å²) in [6, 6.07) is 7.61. The summed E-state index contributed by atoms with van der Waals surface area (Å²) in [5.74, 6) is 0.962. The number of hydrogen-bond donors (Lipinski definition) is 0. The smallest absolute Gasteiger partial charge is 0.248 e. The van der Waals surface area contributed by atoms with Crippen LogP contribution in [-0.2, 0) is 4.79 Å². The molecule has 0 bridgehead atoms. The summed E-state index contributed by atoms with van der Waals surface area (Å²) in [6.07, 6.45) is 2.98. The third-order valence-corrected chi connectivity index (χ3v) is 2.45. The molecule has 0 saturated carbocycles. The molecule has 0 amide bonds. The fourth-order valence-corrected chi connectivity index (χ4v) is 1.71. The maximum Gasteiger partial charge on any atom is 0.248 e. The third kappa shape index (κ3) is 2.12. The predicted octanol–water partition coefficient (Wildman–Crippen LogP) is 2.54. The Morgan fingerprint density at radius 3 is 2.40 bits per heavy atom. The van der Waals surface area contributed by atoms with Gasteiger partial charge in [0, 0.05) is 19.8 Å². The molecule has 0 unspecified atom stereocenters. The third-order valence-electron chi connectivity index (χ3n) is 2.45. The molecule has 1 aromatic rings. The second-order valence-electron chi connectivity index (χ2n) is 3.84. The summed E-state index contributed by atoms with van der Waals surface area (Å²) in [4.78, 5) is 10.2. The number of rotatable bonds is 4. The van der Waals surface area contributed by atoms with Crippen LogP contribution in [0.2, 0.25) is 0 Å². The number of ether oxygens (including phenoxy) is 2. The maximum absolute atomic E-state index is 10.2. The van der Waals surface area contributed by atoms with E-state index in [4.69, 9.17) is 9.47 Å². The number of hydrogen-bond acceptors (Lipinski definition) is 3. The SMILES string of the molecule is CC1(CCCC=O)Oc2ccccc2O1. The largest absolute Gasteiger partial charge is 0.449 e. The van der Waals surface area contributed by atoms with Gasteiger partial charge in [-0.25, -0.2) is 0 Å². The molecule has 0 saturated heterocycles. The molecule has 1 aromatic carbocycles. The molecule has 0 aliphatic carbocycles. The lowest BCUT2D eigenvalue weighted by Crippen LogP contribution is -2.34. The van der Waals surface area contributed by atoms with Crippen molar-refractivity contribution in [2.45, 2.75) is 32.0 Å². The first kappa shape index (κ1) is 10.0. The van der Waals surface area contributed by atoms with Crippen molar-refractivity contribution in [1.82, 2.24) is 0 Å². The minimum atomic E-state index is -0.604. The van der Waals surface area contributed by atoms with Gasteiger partial charge in [-0.05, 0) is 18.6 Å². The monoisotopic (exact) mass is 206 g/mol. The lowest BCUT2D eigenvalue weighted by Gasteiger charge is -2.22. The van der Waals surface area contributed by atoms with Gasteiger partial charge in [-0.15, -0.1) is 0 Å². The lowest BCUT2D eigenvalue weighted by molar-refractivity contribution is -0.108. The molecular formula is C12H14O3. The molecule has 0 atom stereocenters. The van der Waals surface area contributed by atoms with Crippen LogP contribution in [0.1, 0.15) is 26.2 Å². The van der Waals surface area contributed by atoms with Gasteiger partial charge in [0.25, 0.3) is 0 Å². The minimum absolute atomic E-state index is 0.554. The Hall–Kier alpha value is -1.51. The summed E-state index contributed by atoms with van der Waals surface area (Å²) < 4.78 is 11.4. The van der Waals surface area contributed by atoms with Gasteiger partial charge in [-0.3, -0.25) is 0 Å². The van der Waals surface area contributed by atoms with Crippen molar-refractivity contribution in [3.63, 3.8) is 0 Å². The van der Waals surface area contributed by atoms with E-state index in [1.807, 2.05) is 31.2 Å². The van der Waals surface area contributed by atoms with Crippen LogP contribution in [0.4, 0.5) is 0 Å². The number of carbonyl (C=O) groups is 1. The minimum Gasteiger partial charge on any atom is -0.449 e. The molecule has 1 aliphatic rings. The second-order valence-corrected chi connectivity index (χ2v) is 3.84. The average Bonchev–Trinajstić information content (AvgIpc) is 2.54. The van der Waals surface area contributed by atoms with E-state index in [1.54, 1.807) is 0 Å². The van der Waals surface area contributed by atoms with E-state index in [2.05, 4.69) is 0 Å². The topological polar surface area (TPSA) is 35.5 Å². The van der Waals surface area contributed by atoms with Gasteiger partial charge in [-0.1, -0.05) is 12.1 Å². The number of benzene rings is 1. The zero-order chi connectivity index (χ0) is 10.7. The van der Waals surface area contributed by atoms with Crippen molar-refractivity contribution in [3.8, 4) is 11.5 Å². The zero-order valence-electron chi connectivity index (χ0n) is 8.73. The van der Waals surface area contributed by atoms with Crippen LogP contribution < -0.4 is 9.47 Å². The number of carbonyl (C=O) groups excluding carboxylic acids is 1. The predicted molar refractivity (Wildman–Crippen MR) is 56.0 cm³/mol. The van der Waals surface area contributed by atoms with Crippen molar-refractivity contribution in [2.24, 2.45) is 0 Å². The van der Waals surface area contributed by atoms with E-state index in [0.29, 0.717) is 6.42 Å². The molecule has 0 spiro atoms. The molecule has 0 aromatic heterocycles. The number of para-hydroxylation sites is 2. The zero-order valence-corrected chi connectivity index (χ0v) is 8.73. The van der Waals surface area contributed by atoms with E-state index in [-0.39, 0.29) is 0 Å². The van der Waals surface area contributed by atoms with E-state index in [1.165, 1.54) is 0 Å². The number of unbranched alkanes of at least 4 members (excludes halogenated alkanes) is 1. The summed E-state index contributed by atoms with van der Waals surface area (Å²) in [6.45, 7) is 1.90. The van der Waals surface area contributed by atoms with Crippen molar-refractivity contribution < 1.29 is 14.3 Å². The Morgan fingerprint density at radius 1 is 1.27 bits per heavy atom. The molecule has 2 rings (SSSR count). The molecule has 3 heteroatoms. The van der Waals surface area contributed by atoms with Crippen LogP contribution in [0.25, 0.3) is 0 Å². The van der Waals surface area contributed by atoms with Crippen LogP contribution in [0, 0.1) is 0 Å². The number of fused-ring (bicyclic) bond motifs is 1. The quantitative estimate of drug-likeness (QED) is 0.561. The second kappa shape index (κ2) is 3.93. The Kier molecular flexibility index (Phi) is 2.62. The summed E-state index contributed by atoms with van der Waals surface area (Å²) in [5, 5.41) is 0. The molecule has 0 fully saturated rings. The fraction of sp³-hybridized carbons (Fsp3) is 0.417. The van der Waals surface area contributed by atoms with Gasteiger partial charge in [0.1, 0.15) is 6.29 Å². The molecule has 3 nitrogen and oxygen atoms in total. The van der Waals surface area contributed by atoms with Gasteiger partial charge in [-0.2, -0.15) is 0 Å². The van der Waals surface area contributed by atoms with Gasteiger partial charge < -0.3 is 14.3 Å². The van der Waals surface area contributed by atoms with E-state index in [9.17, 15) is 4.79 Å². The Labute approximate surface area is 89.0 Å². The molecular weight excluding hydrogens is 192 g/mol. The van der Waals surface area contributed by atoms with Crippen LogP contribution >= 0.6 is 0 Å². The molecule has 15 heavy (non-hydrogen) atoms. The standard InChI is InChI=1S/C12H14O3/c1-12(8-4-5-9-13)14-10-6-2-3-7-11(10)15-12/h2-3,6-7,9H,4-5,8H2,1H3. The Balaban J connectivity index is 2.01. The van der Waals surface area contributed by atoms with E-state index >= 15 is 0 Å². The van der Waals surface area contributed by atoms with E-state index < -0.39 is 5.79 Å². The lowest BCUT2D eigenvalue weighted by atomic mass is 10.1. The van der Waals surface area contributed by atoms with Crippen molar-refractivity contribution in [1.29, 1.82) is 0 Å². The normalized spacial score (nSPS) is 16.3. The molecule has 1 heterocycles. The fourth-order valence-electron chi connectivity index (χ4n) is 1.71. The molecule has 80 valence electrons. The highest BCUT2D eigenvalue weighted by molar-refractivity contribution is 5.49. The Morgan fingerprint density at radius 2 is 1.87 bits per heavy atom. The van der Waals surface area contributed by atoms with E-state index in [0.717, 1.165) is 30.6 Å². The molecule has 0 radical (unpaired) electrons. The summed E-state index contributed by atoms with van der Waals surface area (Å²) in [7, 11) is 0. The maximum atomic E-state index is 10.2. The van der Waals surface area contributed by atoms with Crippen molar-refractivity contribution >= 4 is 6.29 Å².